The molecule has 0 spiro atoms. The van der Waals surface area contributed by atoms with E-state index in [2.05, 4.69) is 170 Å². The third-order valence-corrected chi connectivity index (χ3v) is 11.8. The van der Waals surface area contributed by atoms with Gasteiger partial charge < -0.3 is 0 Å². The molecule has 0 saturated heterocycles. The van der Waals surface area contributed by atoms with E-state index < -0.39 is 0 Å². The Labute approximate surface area is 305 Å². The molecule has 0 heterocycles. The van der Waals surface area contributed by atoms with Crippen molar-refractivity contribution >= 4 is 27.1 Å². The second kappa shape index (κ2) is 11.7. The van der Waals surface area contributed by atoms with Gasteiger partial charge in [0.1, 0.15) is 0 Å². The monoisotopic (exact) mass is 660 g/mol. The average Bonchev–Trinajstić information content (AvgIpc) is 3.78. The minimum atomic E-state index is 1.01. The lowest BCUT2D eigenvalue weighted by Gasteiger charge is -2.20. The van der Waals surface area contributed by atoms with E-state index in [4.69, 9.17) is 0 Å². The summed E-state index contributed by atoms with van der Waals surface area (Å²) in [4.78, 5) is 0. The van der Waals surface area contributed by atoms with E-state index in [1.54, 1.807) is 5.57 Å². The second-order valence-electron chi connectivity index (χ2n) is 14.7. The maximum atomic E-state index is 2.46. The Hall–Kier alpha value is -6.24. The molecule has 0 radical (unpaired) electrons. The molecule has 3 aliphatic carbocycles. The van der Waals surface area contributed by atoms with E-state index in [0.29, 0.717) is 0 Å². The average molecular weight is 661 g/mol. The summed E-state index contributed by atoms with van der Waals surface area (Å²) < 4.78 is 0. The fourth-order valence-corrected chi connectivity index (χ4v) is 9.29. The van der Waals surface area contributed by atoms with Crippen molar-refractivity contribution in [2.75, 3.05) is 0 Å². The SMILES string of the molecule is C1=CC2=C(CC1)Cc1ccc(-c3ccc4c(-c5ccccc5)c5cc(-c6ccc7c(c6)-c6ccccc6C7)ccc5c(-c5ccccc5)c4c3)cc12. The van der Waals surface area contributed by atoms with Crippen molar-refractivity contribution in [1.82, 2.24) is 0 Å². The Kier molecular flexibility index (Phi) is 6.61. The molecule has 244 valence electrons. The predicted octanol–water partition coefficient (Wildman–Crippen LogP) is 13.9. The summed E-state index contributed by atoms with van der Waals surface area (Å²) in [7, 11) is 0. The van der Waals surface area contributed by atoms with Crippen LogP contribution in [0.4, 0.5) is 0 Å². The van der Waals surface area contributed by atoms with Gasteiger partial charge in [-0.3, -0.25) is 0 Å². The first kappa shape index (κ1) is 29.5. The maximum absolute atomic E-state index is 2.46. The van der Waals surface area contributed by atoms with Crippen molar-refractivity contribution in [3.8, 4) is 55.6 Å². The van der Waals surface area contributed by atoms with Gasteiger partial charge in [-0.15, -0.1) is 0 Å². The first-order chi connectivity index (χ1) is 25.8. The van der Waals surface area contributed by atoms with Crippen LogP contribution in [0.1, 0.15) is 35.1 Å². The highest BCUT2D eigenvalue weighted by Gasteiger charge is 2.23. The third-order valence-electron chi connectivity index (χ3n) is 11.8. The first-order valence-corrected chi connectivity index (χ1v) is 18.6. The fraction of sp³-hybridized carbons (Fsp3) is 0.0769. The number of hydrogen-bond donors (Lipinski definition) is 0. The third kappa shape index (κ3) is 4.61. The highest BCUT2D eigenvalue weighted by atomic mass is 14.3. The Morgan fingerprint density at radius 1 is 0.346 bits per heavy atom. The smallest absolute Gasteiger partial charge is 0.00134 e. The van der Waals surface area contributed by atoms with E-state index in [0.717, 1.165) is 19.3 Å². The summed E-state index contributed by atoms with van der Waals surface area (Å²) in [5, 5.41) is 5.13. The van der Waals surface area contributed by atoms with Crippen LogP contribution in [0.2, 0.25) is 0 Å². The number of rotatable bonds is 4. The molecule has 0 nitrogen and oxygen atoms in total. The highest BCUT2D eigenvalue weighted by molar-refractivity contribution is 6.22. The molecular weight excluding hydrogens is 625 g/mol. The molecule has 8 aromatic carbocycles. The molecule has 0 atom stereocenters. The zero-order valence-electron chi connectivity index (χ0n) is 29.0. The fourth-order valence-electron chi connectivity index (χ4n) is 9.29. The Bertz CT molecular complexity index is 2810. The molecule has 0 bridgehead atoms. The van der Waals surface area contributed by atoms with Crippen LogP contribution in [0.25, 0.3) is 82.8 Å². The second-order valence-corrected chi connectivity index (χ2v) is 14.7. The van der Waals surface area contributed by atoms with Crippen LogP contribution < -0.4 is 0 Å². The van der Waals surface area contributed by atoms with Gasteiger partial charge in [-0.2, -0.15) is 0 Å². The van der Waals surface area contributed by atoms with Crippen LogP contribution in [-0.4, -0.2) is 0 Å². The quantitative estimate of drug-likeness (QED) is 0.165. The van der Waals surface area contributed by atoms with Crippen molar-refractivity contribution in [3.05, 3.63) is 198 Å². The summed E-state index contributed by atoms with van der Waals surface area (Å²) in [6, 6.07) is 59.4. The zero-order valence-corrected chi connectivity index (χ0v) is 29.0. The van der Waals surface area contributed by atoms with E-state index in [1.807, 2.05) is 0 Å². The van der Waals surface area contributed by atoms with Crippen LogP contribution in [0.15, 0.2) is 175 Å². The zero-order chi connectivity index (χ0) is 34.2. The van der Waals surface area contributed by atoms with Crippen LogP contribution in [0.3, 0.4) is 0 Å². The molecular formula is C52H36. The van der Waals surface area contributed by atoms with Gasteiger partial charge in [-0.05, 0) is 155 Å². The van der Waals surface area contributed by atoms with Gasteiger partial charge >= 0.3 is 0 Å². The molecule has 8 aromatic rings. The van der Waals surface area contributed by atoms with Gasteiger partial charge in [-0.1, -0.05) is 151 Å². The van der Waals surface area contributed by atoms with E-state index in [-0.39, 0.29) is 0 Å². The number of hydrogen-bond acceptors (Lipinski definition) is 0. The van der Waals surface area contributed by atoms with Crippen molar-refractivity contribution in [3.63, 3.8) is 0 Å². The molecule has 0 aliphatic heterocycles. The molecule has 0 saturated carbocycles. The lowest BCUT2D eigenvalue weighted by molar-refractivity contribution is 0.935. The minimum Gasteiger partial charge on any atom is -0.0836 e. The van der Waals surface area contributed by atoms with Gasteiger partial charge in [0.15, 0.2) is 0 Å². The molecule has 11 rings (SSSR count). The Morgan fingerprint density at radius 2 is 0.865 bits per heavy atom. The molecule has 0 amide bonds. The lowest BCUT2D eigenvalue weighted by atomic mass is 9.83. The summed E-state index contributed by atoms with van der Waals surface area (Å²) in [5.41, 5.74) is 21.6. The van der Waals surface area contributed by atoms with Crippen molar-refractivity contribution in [1.29, 1.82) is 0 Å². The normalized spacial score (nSPS) is 14.1. The Balaban J connectivity index is 1.16. The molecule has 0 unspecified atom stereocenters. The number of benzene rings is 8. The molecule has 0 N–H and O–H groups in total. The largest absolute Gasteiger partial charge is 0.0836 e. The predicted molar refractivity (Wildman–Crippen MR) is 220 cm³/mol. The van der Waals surface area contributed by atoms with Gasteiger partial charge in [0, 0.05) is 0 Å². The number of allylic oxidation sites excluding steroid dienone is 4. The molecule has 0 aromatic heterocycles. The van der Waals surface area contributed by atoms with Crippen LogP contribution >= 0.6 is 0 Å². The topological polar surface area (TPSA) is 0 Å². The van der Waals surface area contributed by atoms with E-state index in [1.165, 1.54) is 111 Å². The summed E-state index contributed by atoms with van der Waals surface area (Å²) in [6.07, 6.45) is 9.15. The van der Waals surface area contributed by atoms with Gasteiger partial charge in [0.25, 0.3) is 0 Å². The molecule has 3 aliphatic rings. The standard InChI is InChI=1S/C52H36/c1-3-11-33(12-4-1)51-45-25-23-38(36-20-22-42-28-40-16-8-10-18-44(40)48(42)30-36)32-50(45)52(34-13-5-2-6-14-34)46-26-24-37(31-49(46)51)35-19-21-41-27-39-15-7-9-17-43(39)47(41)29-35/h1-7,9-15,17-26,29-32H,8,16,27-28H2. The maximum Gasteiger partial charge on any atom is -0.00134 e. The van der Waals surface area contributed by atoms with Crippen LogP contribution in [0.5, 0.6) is 0 Å². The van der Waals surface area contributed by atoms with Crippen LogP contribution in [0, 0.1) is 0 Å². The van der Waals surface area contributed by atoms with E-state index in [9.17, 15) is 0 Å². The molecule has 0 heteroatoms. The van der Waals surface area contributed by atoms with Gasteiger partial charge in [0.2, 0.25) is 0 Å². The number of fused-ring (bicyclic) bond motifs is 7. The van der Waals surface area contributed by atoms with Gasteiger partial charge in [0.05, 0.1) is 0 Å². The summed E-state index contributed by atoms with van der Waals surface area (Å²) in [6.45, 7) is 0. The summed E-state index contributed by atoms with van der Waals surface area (Å²) >= 11 is 0. The van der Waals surface area contributed by atoms with Gasteiger partial charge in [-0.25, -0.2) is 0 Å². The van der Waals surface area contributed by atoms with Crippen LogP contribution in [-0.2, 0) is 12.8 Å². The van der Waals surface area contributed by atoms with Crippen molar-refractivity contribution < 1.29 is 0 Å². The molecule has 0 fully saturated rings. The van der Waals surface area contributed by atoms with Crippen molar-refractivity contribution in [2.24, 2.45) is 0 Å². The van der Waals surface area contributed by atoms with Crippen molar-refractivity contribution in [2.45, 2.75) is 25.7 Å². The molecule has 52 heavy (non-hydrogen) atoms. The minimum absolute atomic E-state index is 1.01. The lowest BCUT2D eigenvalue weighted by Crippen LogP contribution is -1.93. The first-order valence-electron chi connectivity index (χ1n) is 18.6. The Morgan fingerprint density at radius 3 is 1.52 bits per heavy atom. The highest BCUT2D eigenvalue weighted by Crippen LogP contribution is 2.47. The summed E-state index contributed by atoms with van der Waals surface area (Å²) in [5.74, 6) is 0. The van der Waals surface area contributed by atoms with E-state index >= 15 is 0 Å².